The number of nitriles is 1. The number of hydrogen-bond donors (Lipinski definition) is 0. The second-order valence-corrected chi connectivity index (χ2v) is 7.86. The Balaban J connectivity index is 2.06. The fraction of sp³-hybridized carbons (Fsp3) is 0.273. The third-order valence-electron chi connectivity index (χ3n) is 5.47. The maximum Gasteiger partial charge on any atom is 0.417 e. The van der Waals surface area contributed by atoms with Crippen molar-refractivity contribution in [2.24, 2.45) is 0 Å². The monoisotopic (exact) mass is 445 g/mol. The number of thiocarbonyl (C=S) groups is 1. The van der Waals surface area contributed by atoms with Gasteiger partial charge in [-0.25, -0.2) is 0 Å². The molecule has 160 valence electrons. The van der Waals surface area contributed by atoms with E-state index in [4.69, 9.17) is 17.5 Å². The number of anilines is 2. The quantitative estimate of drug-likeness (QED) is 0.474. The Kier molecular flexibility index (Phi) is 6.13. The highest BCUT2D eigenvalue weighted by Gasteiger charge is 2.42. The van der Waals surface area contributed by atoms with E-state index >= 15 is 0 Å². The van der Waals surface area contributed by atoms with Gasteiger partial charge in [-0.1, -0.05) is 0 Å². The number of benzene rings is 2. The second kappa shape index (κ2) is 8.47. The van der Waals surface area contributed by atoms with E-state index in [1.165, 1.54) is 12.1 Å². The molecule has 31 heavy (non-hydrogen) atoms. The van der Waals surface area contributed by atoms with E-state index in [1.54, 1.807) is 29.2 Å². The number of alkyl halides is 3. The van der Waals surface area contributed by atoms with Crippen LogP contribution in [0.5, 0.6) is 0 Å². The average Bonchev–Trinajstić information content (AvgIpc) is 2.73. The number of carbonyl (C=O) groups is 2. The molecule has 1 saturated carbocycles. The zero-order valence-corrected chi connectivity index (χ0v) is 17.3. The molecule has 2 aromatic rings. The largest absolute Gasteiger partial charge is 0.417 e. The lowest BCUT2D eigenvalue weighted by Crippen LogP contribution is -2.58. The van der Waals surface area contributed by atoms with Gasteiger partial charge in [0.2, 0.25) is 6.41 Å². The lowest BCUT2D eigenvalue weighted by Gasteiger charge is -2.50. The Morgan fingerprint density at radius 3 is 2.19 bits per heavy atom. The molecule has 2 aromatic carbocycles. The third kappa shape index (κ3) is 4.30. The molecule has 1 aliphatic rings. The molecule has 0 N–H and O–H groups in total. The predicted octanol–water partition coefficient (Wildman–Crippen LogP) is 5.09. The Bertz CT molecular complexity index is 1060. The summed E-state index contributed by atoms with van der Waals surface area (Å²) in [5.74, 6) is 0. The van der Waals surface area contributed by atoms with Crippen LogP contribution in [0.3, 0.4) is 0 Å². The summed E-state index contributed by atoms with van der Waals surface area (Å²) in [6.07, 6.45) is -1.21. The van der Waals surface area contributed by atoms with E-state index < -0.39 is 22.8 Å². The minimum Gasteiger partial charge on any atom is -0.312 e. The topological polar surface area (TPSA) is 64.4 Å². The SMILES string of the molecule is CC1(N(C(=S)N(C=O)c2ccc(C#N)c(C(F)(F)F)c2)c2ccc(C=O)cc2)CCC1. The summed E-state index contributed by atoms with van der Waals surface area (Å²) >= 11 is 5.57. The van der Waals surface area contributed by atoms with Crippen molar-refractivity contribution in [1.82, 2.24) is 0 Å². The van der Waals surface area contributed by atoms with Crippen molar-refractivity contribution in [2.75, 3.05) is 9.80 Å². The average molecular weight is 445 g/mol. The van der Waals surface area contributed by atoms with Crippen LogP contribution in [0.25, 0.3) is 0 Å². The summed E-state index contributed by atoms with van der Waals surface area (Å²) in [7, 11) is 0. The first-order valence-electron chi connectivity index (χ1n) is 9.40. The Morgan fingerprint density at radius 1 is 1.13 bits per heavy atom. The van der Waals surface area contributed by atoms with Crippen LogP contribution in [0.2, 0.25) is 0 Å². The summed E-state index contributed by atoms with van der Waals surface area (Å²) in [5.41, 5.74) is -1.12. The Morgan fingerprint density at radius 2 is 1.74 bits per heavy atom. The molecule has 0 saturated heterocycles. The molecule has 1 amide bonds. The van der Waals surface area contributed by atoms with Crippen LogP contribution in [-0.4, -0.2) is 23.3 Å². The van der Waals surface area contributed by atoms with Crippen molar-refractivity contribution in [1.29, 1.82) is 5.26 Å². The van der Waals surface area contributed by atoms with Crippen molar-refractivity contribution in [3.8, 4) is 6.07 Å². The van der Waals surface area contributed by atoms with E-state index in [0.29, 0.717) is 23.9 Å². The number of amides is 1. The van der Waals surface area contributed by atoms with Gasteiger partial charge in [0.1, 0.15) is 6.29 Å². The molecule has 1 aliphatic carbocycles. The van der Waals surface area contributed by atoms with Crippen molar-refractivity contribution in [2.45, 2.75) is 37.9 Å². The molecule has 0 atom stereocenters. The molecule has 0 aromatic heterocycles. The van der Waals surface area contributed by atoms with Crippen LogP contribution in [0, 0.1) is 11.3 Å². The number of hydrogen-bond acceptors (Lipinski definition) is 4. The lowest BCUT2D eigenvalue weighted by atomic mass is 9.77. The van der Waals surface area contributed by atoms with Crippen molar-refractivity contribution in [3.63, 3.8) is 0 Å². The van der Waals surface area contributed by atoms with Gasteiger partial charge in [-0.05, 0) is 80.9 Å². The van der Waals surface area contributed by atoms with Crippen molar-refractivity contribution >= 4 is 41.4 Å². The van der Waals surface area contributed by atoms with Crippen molar-refractivity contribution < 1.29 is 22.8 Å². The van der Waals surface area contributed by atoms with Crippen LogP contribution in [-0.2, 0) is 11.0 Å². The molecule has 0 heterocycles. The maximum absolute atomic E-state index is 13.4. The fourth-order valence-corrected chi connectivity index (χ4v) is 4.08. The van der Waals surface area contributed by atoms with Crippen molar-refractivity contribution in [3.05, 3.63) is 59.2 Å². The molecule has 0 radical (unpaired) electrons. The van der Waals surface area contributed by atoms with E-state index in [9.17, 15) is 22.8 Å². The van der Waals surface area contributed by atoms with Gasteiger partial charge in [0, 0.05) is 16.8 Å². The third-order valence-corrected chi connectivity index (χ3v) is 5.85. The molecule has 5 nitrogen and oxygen atoms in total. The molecule has 0 aliphatic heterocycles. The van der Waals surface area contributed by atoms with Crippen LogP contribution in [0.15, 0.2) is 42.5 Å². The first-order valence-corrected chi connectivity index (χ1v) is 9.81. The molecular weight excluding hydrogens is 427 g/mol. The fourth-order valence-electron chi connectivity index (χ4n) is 3.61. The number of rotatable bonds is 5. The minimum absolute atomic E-state index is 0.00823. The molecular formula is C22H18F3N3O2S. The lowest BCUT2D eigenvalue weighted by molar-refractivity contribution is -0.137. The van der Waals surface area contributed by atoms with Gasteiger partial charge in [0.05, 0.1) is 22.9 Å². The van der Waals surface area contributed by atoms with Gasteiger partial charge in [-0.3, -0.25) is 14.5 Å². The van der Waals surface area contributed by atoms with E-state index in [1.807, 2.05) is 6.92 Å². The predicted molar refractivity (Wildman–Crippen MR) is 114 cm³/mol. The summed E-state index contributed by atoms with van der Waals surface area (Å²) in [4.78, 5) is 25.6. The van der Waals surface area contributed by atoms with Crippen LogP contribution in [0.4, 0.5) is 24.5 Å². The molecule has 1 fully saturated rings. The van der Waals surface area contributed by atoms with Gasteiger partial charge in [-0.15, -0.1) is 0 Å². The molecule has 9 heteroatoms. The Hall–Kier alpha value is -3.25. The Labute approximate surface area is 182 Å². The minimum atomic E-state index is -4.76. The number of aldehydes is 1. The maximum atomic E-state index is 13.4. The highest BCUT2D eigenvalue weighted by molar-refractivity contribution is 7.81. The van der Waals surface area contributed by atoms with Crippen LogP contribution >= 0.6 is 12.2 Å². The summed E-state index contributed by atoms with van der Waals surface area (Å²) in [6, 6.07) is 11.1. The molecule has 3 rings (SSSR count). The highest BCUT2D eigenvalue weighted by Crippen LogP contribution is 2.41. The van der Waals surface area contributed by atoms with Gasteiger partial charge in [-0.2, -0.15) is 18.4 Å². The van der Waals surface area contributed by atoms with Crippen LogP contribution in [0.1, 0.15) is 47.7 Å². The summed E-state index contributed by atoms with van der Waals surface area (Å²) in [6.45, 7) is 1.96. The second-order valence-electron chi connectivity index (χ2n) is 7.49. The summed E-state index contributed by atoms with van der Waals surface area (Å²) in [5, 5.41) is 9.02. The van der Waals surface area contributed by atoms with Gasteiger partial charge < -0.3 is 4.90 Å². The number of nitrogens with zero attached hydrogens (tertiary/aromatic N) is 3. The van der Waals surface area contributed by atoms with Gasteiger partial charge >= 0.3 is 6.18 Å². The molecule has 0 spiro atoms. The standard InChI is InChI=1S/C22H18F3N3O2S/c1-21(9-2-10-21)28(17-6-3-15(13-29)4-7-17)20(31)27(14-30)18-8-5-16(12-26)19(11-18)22(23,24)25/h3-8,11,13-14H,2,9-10H2,1H3. The van der Waals surface area contributed by atoms with Gasteiger partial charge in [0.25, 0.3) is 0 Å². The molecule has 0 unspecified atom stereocenters. The first-order chi connectivity index (χ1) is 14.6. The first kappa shape index (κ1) is 22.4. The van der Waals surface area contributed by atoms with Crippen LogP contribution < -0.4 is 9.80 Å². The molecule has 0 bridgehead atoms. The smallest absolute Gasteiger partial charge is 0.312 e. The number of carbonyl (C=O) groups excluding carboxylic acids is 2. The zero-order chi connectivity index (χ0) is 22.8. The highest BCUT2D eigenvalue weighted by atomic mass is 32.1. The zero-order valence-electron chi connectivity index (χ0n) is 16.5. The van der Waals surface area contributed by atoms with E-state index in [-0.39, 0.29) is 10.8 Å². The number of halogens is 3. The summed E-state index contributed by atoms with van der Waals surface area (Å²) < 4.78 is 40.2. The normalized spacial score (nSPS) is 14.7. The van der Waals surface area contributed by atoms with E-state index in [0.717, 1.165) is 36.3 Å². The van der Waals surface area contributed by atoms with E-state index in [2.05, 4.69) is 0 Å². The van der Waals surface area contributed by atoms with Gasteiger partial charge in [0.15, 0.2) is 5.11 Å².